The first-order valence-corrected chi connectivity index (χ1v) is 5.99. The van der Waals surface area contributed by atoms with Crippen molar-refractivity contribution >= 4 is 5.97 Å². The van der Waals surface area contributed by atoms with Crippen LogP contribution in [0.5, 0.6) is 0 Å². The molecule has 0 saturated heterocycles. The van der Waals surface area contributed by atoms with Crippen LogP contribution in [-0.4, -0.2) is 13.1 Å². The maximum atomic E-state index is 11.4. The van der Waals surface area contributed by atoms with Crippen molar-refractivity contribution in [2.24, 2.45) is 0 Å². The molecule has 0 aliphatic carbocycles. The highest BCUT2D eigenvalue weighted by atomic mass is 16.5. The van der Waals surface area contributed by atoms with Crippen LogP contribution in [0.2, 0.25) is 0 Å². The quantitative estimate of drug-likeness (QED) is 0.771. The molecule has 0 spiro atoms. The SMILES string of the molecule is CCC(c1ccccc1)c1ccc(C(=O)OC)o1. The van der Waals surface area contributed by atoms with Gasteiger partial charge in [-0.25, -0.2) is 4.79 Å². The zero-order valence-corrected chi connectivity index (χ0v) is 10.6. The van der Waals surface area contributed by atoms with Crippen molar-refractivity contribution in [1.82, 2.24) is 0 Å². The van der Waals surface area contributed by atoms with Crippen molar-refractivity contribution in [2.45, 2.75) is 19.3 Å². The highest BCUT2D eigenvalue weighted by molar-refractivity contribution is 5.86. The molecule has 3 heteroatoms. The van der Waals surface area contributed by atoms with E-state index in [1.165, 1.54) is 12.7 Å². The smallest absolute Gasteiger partial charge is 0.373 e. The van der Waals surface area contributed by atoms with E-state index in [-0.39, 0.29) is 11.7 Å². The van der Waals surface area contributed by atoms with Crippen LogP contribution in [0.25, 0.3) is 0 Å². The van der Waals surface area contributed by atoms with Gasteiger partial charge in [0.1, 0.15) is 5.76 Å². The van der Waals surface area contributed by atoms with Crippen molar-refractivity contribution in [2.75, 3.05) is 7.11 Å². The molecule has 2 aromatic rings. The minimum absolute atomic E-state index is 0.171. The summed E-state index contributed by atoms with van der Waals surface area (Å²) in [5.41, 5.74) is 1.19. The molecule has 0 saturated carbocycles. The minimum Gasteiger partial charge on any atom is -0.463 e. The van der Waals surface area contributed by atoms with Crippen molar-refractivity contribution in [3.8, 4) is 0 Å². The van der Waals surface area contributed by atoms with Gasteiger partial charge in [-0.05, 0) is 24.1 Å². The summed E-state index contributed by atoms with van der Waals surface area (Å²) in [4.78, 5) is 11.4. The first-order valence-electron chi connectivity index (χ1n) is 5.99. The van der Waals surface area contributed by atoms with E-state index in [1.807, 2.05) is 24.3 Å². The fourth-order valence-corrected chi connectivity index (χ4v) is 2.04. The van der Waals surface area contributed by atoms with E-state index in [0.717, 1.165) is 12.2 Å². The molecule has 0 aliphatic heterocycles. The Morgan fingerprint density at radius 2 is 1.94 bits per heavy atom. The predicted octanol–water partition coefficient (Wildman–Crippen LogP) is 3.61. The lowest BCUT2D eigenvalue weighted by atomic mass is 9.94. The van der Waals surface area contributed by atoms with Crippen LogP contribution >= 0.6 is 0 Å². The number of ether oxygens (including phenoxy) is 1. The monoisotopic (exact) mass is 244 g/mol. The summed E-state index contributed by atoms with van der Waals surface area (Å²) in [6.07, 6.45) is 0.915. The average molecular weight is 244 g/mol. The Morgan fingerprint density at radius 1 is 1.22 bits per heavy atom. The number of esters is 1. The van der Waals surface area contributed by atoms with E-state index >= 15 is 0 Å². The number of benzene rings is 1. The van der Waals surface area contributed by atoms with E-state index in [2.05, 4.69) is 23.8 Å². The molecule has 0 radical (unpaired) electrons. The first kappa shape index (κ1) is 12.4. The van der Waals surface area contributed by atoms with Gasteiger partial charge in [0.05, 0.1) is 7.11 Å². The molecule has 0 aliphatic rings. The molecule has 3 nitrogen and oxygen atoms in total. The first-order chi connectivity index (χ1) is 8.76. The maximum Gasteiger partial charge on any atom is 0.373 e. The van der Waals surface area contributed by atoms with E-state index < -0.39 is 5.97 Å². The van der Waals surface area contributed by atoms with Crippen LogP contribution in [0.15, 0.2) is 46.9 Å². The van der Waals surface area contributed by atoms with Crippen LogP contribution in [-0.2, 0) is 4.74 Å². The van der Waals surface area contributed by atoms with Crippen molar-refractivity contribution in [3.63, 3.8) is 0 Å². The molecule has 0 fully saturated rings. The normalized spacial score (nSPS) is 12.1. The third kappa shape index (κ3) is 2.45. The highest BCUT2D eigenvalue weighted by Crippen LogP contribution is 2.29. The zero-order valence-electron chi connectivity index (χ0n) is 10.6. The summed E-state index contributed by atoms with van der Waals surface area (Å²) in [7, 11) is 1.35. The minimum atomic E-state index is -0.441. The zero-order chi connectivity index (χ0) is 13.0. The Bertz CT molecular complexity index is 514. The topological polar surface area (TPSA) is 39.4 Å². The van der Waals surface area contributed by atoms with Gasteiger partial charge in [0.15, 0.2) is 0 Å². The van der Waals surface area contributed by atoms with E-state index in [1.54, 1.807) is 6.07 Å². The molecule has 0 amide bonds. The van der Waals surface area contributed by atoms with Gasteiger partial charge in [-0.1, -0.05) is 37.3 Å². The lowest BCUT2D eigenvalue weighted by Gasteiger charge is -2.12. The van der Waals surface area contributed by atoms with Crippen LogP contribution in [0.1, 0.15) is 41.1 Å². The fraction of sp³-hybridized carbons (Fsp3) is 0.267. The maximum absolute atomic E-state index is 11.4. The molecule has 1 atom stereocenters. The summed E-state index contributed by atoms with van der Waals surface area (Å²) >= 11 is 0. The summed E-state index contributed by atoms with van der Waals surface area (Å²) in [5, 5.41) is 0. The van der Waals surface area contributed by atoms with Crippen molar-refractivity contribution < 1.29 is 13.9 Å². The highest BCUT2D eigenvalue weighted by Gasteiger charge is 2.18. The lowest BCUT2D eigenvalue weighted by Crippen LogP contribution is -2.00. The Labute approximate surface area is 106 Å². The largest absolute Gasteiger partial charge is 0.463 e. The molecule has 18 heavy (non-hydrogen) atoms. The second-order valence-electron chi connectivity index (χ2n) is 4.07. The Hall–Kier alpha value is -2.03. The number of carbonyl (C=O) groups excluding carboxylic acids is 1. The van der Waals surface area contributed by atoms with Crippen LogP contribution in [0.3, 0.4) is 0 Å². The van der Waals surface area contributed by atoms with Gasteiger partial charge in [0.2, 0.25) is 5.76 Å². The summed E-state index contributed by atoms with van der Waals surface area (Å²) in [6.45, 7) is 2.10. The van der Waals surface area contributed by atoms with Gasteiger partial charge in [-0.15, -0.1) is 0 Å². The number of carbonyl (C=O) groups is 1. The van der Waals surface area contributed by atoms with Crippen molar-refractivity contribution in [1.29, 1.82) is 0 Å². The van der Waals surface area contributed by atoms with E-state index in [9.17, 15) is 4.79 Å². The Morgan fingerprint density at radius 3 is 2.56 bits per heavy atom. The molecule has 94 valence electrons. The summed E-state index contributed by atoms with van der Waals surface area (Å²) in [5.74, 6) is 0.778. The Kier molecular flexibility index (Phi) is 3.82. The van der Waals surface area contributed by atoms with Gasteiger partial charge in [-0.3, -0.25) is 0 Å². The molecule has 0 bridgehead atoms. The van der Waals surface area contributed by atoms with Gasteiger partial charge in [0, 0.05) is 5.92 Å². The lowest BCUT2D eigenvalue weighted by molar-refractivity contribution is 0.0562. The molecular weight excluding hydrogens is 228 g/mol. The van der Waals surface area contributed by atoms with Crippen molar-refractivity contribution in [3.05, 3.63) is 59.5 Å². The molecule has 1 aromatic carbocycles. The van der Waals surface area contributed by atoms with Gasteiger partial charge < -0.3 is 9.15 Å². The average Bonchev–Trinajstić information content (AvgIpc) is 2.89. The van der Waals surface area contributed by atoms with Gasteiger partial charge in [-0.2, -0.15) is 0 Å². The van der Waals surface area contributed by atoms with E-state index in [4.69, 9.17) is 4.42 Å². The van der Waals surface area contributed by atoms with Gasteiger partial charge in [0.25, 0.3) is 0 Å². The number of hydrogen-bond acceptors (Lipinski definition) is 3. The van der Waals surface area contributed by atoms with Crippen LogP contribution < -0.4 is 0 Å². The molecule has 1 heterocycles. The fourth-order valence-electron chi connectivity index (χ4n) is 2.04. The third-order valence-electron chi connectivity index (χ3n) is 2.97. The number of hydrogen-bond donors (Lipinski definition) is 0. The number of rotatable bonds is 4. The third-order valence-corrected chi connectivity index (χ3v) is 2.97. The summed E-state index contributed by atoms with van der Waals surface area (Å²) in [6, 6.07) is 13.6. The number of furan rings is 1. The molecule has 1 aromatic heterocycles. The molecule has 1 unspecified atom stereocenters. The predicted molar refractivity (Wildman–Crippen MR) is 68.6 cm³/mol. The van der Waals surface area contributed by atoms with E-state index in [0.29, 0.717) is 0 Å². The second-order valence-corrected chi connectivity index (χ2v) is 4.07. The Balaban J connectivity index is 2.29. The number of methoxy groups -OCH3 is 1. The van der Waals surface area contributed by atoms with Gasteiger partial charge >= 0.3 is 5.97 Å². The molecular formula is C15H16O3. The molecule has 0 N–H and O–H groups in total. The summed E-state index contributed by atoms with van der Waals surface area (Å²) < 4.78 is 10.2. The molecule has 2 rings (SSSR count). The second kappa shape index (κ2) is 5.54. The standard InChI is InChI=1S/C15H16O3/c1-3-12(11-7-5-4-6-8-11)13-9-10-14(18-13)15(16)17-2/h4-10,12H,3H2,1-2H3. The van der Waals surface area contributed by atoms with Crippen LogP contribution in [0, 0.1) is 0 Å². The van der Waals surface area contributed by atoms with Crippen LogP contribution in [0.4, 0.5) is 0 Å².